The van der Waals surface area contributed by atoms with Gasteiger partial charge in [0.25, 0.3) is 0 Å². The standard InChI is InChI=1S/C13H19N3O3S2/c1-10-8-11(2)16(15-10)6-3-5-14-21(18,19)13-4-7-20-12(13)9-17/h4,7-8,14,17H,3,5-6,9H2,1-2H3. The van der Waals surface area contributed by atoms with Crippen LogP contribution in [0.5, 0.6) is 0 Å². The number of hydrogen-bond donors (Lipinski definition) is 2. The first-order valence-corrected chi connectivity index (χ1v) is 8.98. The van der Waals surface area contributed by atoms with Crippen molar-refractivity contribution in [1.29, 1.82) is 0 Å². The Morgan fingerprint density at radius 1 is 1.43 bits per heavy atom. The molecule has 0 spiro atoms. The molecule has 0 saturated heterocycles. The van der Waals surface area contributed by atoms with Gasteiger partial charge in [-0.15, -0.1) is 11.3 Å². The maximum Gasteiger partial charge on any atom is 0.241 e. The van der Waals surface area contributed by atoms with Crippen LogP contribution < -0.4 is 4.72 Å². The van der Waals surface area contributed by atoms with E-state index >= 15 is 0 Å². The highest BCUT2D eigenvalue weighted by atomic mass is 32.2. The lowest BCUT2D eigenvalue weighted by molar-refractivity contribution is 0.282. The maximum atomic E-state index is 12.1. The number of rotatable bonds is 7. The number of hydrogen-bond acceptors (Lipinski definition) is 5. The smallest absolute Gasteiger partial charge is 0.241 e. The van der Waals surface area contributed by atoms with Crippen molar-refractivity contribution in [2.24, 2.45) is 0 Å². The Hall–Kier alpha value is -1.22. The molecule has 0 radical (unpaired) electrons. The van der Waals surface area contributed by atoms with Gasteiger partial charge >= 0.3 is 0 Å². The van der Waals surface area contributed by atoms with Crippen molar-refractivity contribution in [3.05, 3.63) is 33.8 Å². The van der Waals surface area contributed by atoms with E-state index in [0.29, 0.717) is 24.4 Å². The fraction of sp³-hybridized carbons (Fsp3) is 0.462. The molecule has 116 valence electrons. The van der Waals surface area contributed by atoms with Gasteiger partial charge in [0.2, 0.25) is 10.0 Å². The van der Waals surface area contributed by atoms with E-state index in [1.165, 1.54) is 17.4 Å². The molecular weight excluding hydrogens is 310 g/mol. The quantitative estimate of drug-likeness (QED) is 0.753. The summed E-state index contributed by atoms with van der Waals surface area (Å²) in [5.74, 6) is 0. The van der Waals surface area contributed by atoms with Gasteiger partial charge in [-0.25, -0.2) is 13.1 Å². The number of aromatic nitrogens is 2. The Morgan fingerprint density at radius 3 is 2.81 bits per heavy atom. The average Bonchev–Trinajstić information content (AvgIpc) is 3.01. The molecule has 2 rings (SSSR count). The number of thiophene rings is 1. The van der Waals surface area contributed by atoms with Gasteiger partial charge < -0.3 is 5.11 Å². The van der Waals surface area contributed by atoms with Crippen LogP contribution in [0.25, 0.3) is 0 Å². The number of aliphatic hydroxyl groups is 1. The monoisotopic (exact) mass is 329 g/mol. The van der Waals surface area contributed by atoms with E-state index in [-0.39, 0.29) is 11.5 Å². The fourth-order valence-electron chi connectivity index (χ4n) is 2.10. The van der Waals surface area contributed by atoms with Gasteiger partial charge in [-0.05, 0) is 37.8 Å². The van der Waals surface area contributed by atoms with Crippen molar-refractivity contribution < 1.29 is 13.5 Å². The van der Waals surface area contributed by atoms with Crippen LogP contribution in [0.4, 0.5) is 0 Å². The van der Waals surface area contributed by atoms with E-state index in [4.69, 9.17) is 5.11 Å². The number of nitrogens with zero attached hydrogens (tertiary/aromatic N) is 2. The zero-order valence-electron chi connectivity index (χ0n) is 12.0. The Morgan fingerprint density at radius 2 is 2.19 bits per heavy atom. The van der Waals surface area contributed by atoms with E-state index in [9.17, 15) is 8.42 Å². The molecule has 6 nitrogen and oxygen atoms in total. The molecule has 0 atom stereocenters. The largest absolute Gasteiger partial charge is 0.391 e. The van der Waals surface area contributed by atoms with Crippen molar-refractivity contribution >= 4 is 21.4 Å². The molecule has 0 aliphatic rings. The molecule has 0 aliphatic carbocycles. The van der Waals surface area contributed by atoms with Crippen molar-refractivity contribution in [2.45, 2.75) is 38.3 Å². The lowest BCUT2D eigenvalue weighted by Crippen LogP contribution is -2.26. The third-order valence-corrected chi connectivity index (χ3v) is 5.66. The van der Waals surface area contributed by atoms with Gasteiger partial charge in [-0.2, -0.15) is 5.10 Å². The van der Waals surface area contributed by atoms with Crippen molar-refractivity contribution in [3.8, 4) is 0 Å². The summed E-state index contributed by atoms with van der Waals surface area (Å²) in [4.78, 5) is 0.627. The molecule has 0 aromatic carbocycles. The first-order chi connectivity index (χ1) is 9.94. The number of aliphatic hydroxyl groups excluding tert-OH is 1. The Kier molecular flexibility index (Phi) is 5.15. The summed E-state index contributed by atoms with van der Waals surface area (Å²) in [7, 11) is -3.55. The molecule has 0 amide bonds. The van der Waals surface area contributed by atoms with E-state index in [1.807, 2.05) is 24.6 Å². The van der Waals surface area contributed by atoms with Crippen LogP contribution >= 0.6 is 11.3 Å². The first-order valence-electron chi connectivity index (χ1n) is 6.62. The van der Waals surface area contributed by atoms with Crippen LogP contribution in [0.15, 0.2) is 22.4 Å². The van der Waals surface area contributed by atoms with Crippen LogP contribution in [-0.2, 0) is 23.2 Å². The lowest BCUT2D eigenvalue weighted by atomic mass is 10.4. The minimum Gasteiger partial charge on any atom is -0.391 e. The van der Waals surface area contributed by atoms with Crippen LogP contribution in [0.1, 0.15) is 22.7 Å². The van der Waals surface area contributed by atoms with E-state index < -0.39 is 10.0 Å². The summed E-state index contributed by atoms with van der Waals surface area (Å²) >= 11 is 1.23. The molecule has 21 heavy (non-hydrogen) atoms. The predicted molar refractivity (Wildman–Crippen MR) is 81.7 cm³/mol. The van der Waals surface area contributed by atoms with Gasteiger partial charge in [-0.3, -0.25) is 4.68 Å². The Bertz CT molecular complexity index is 704. The third-order valence-electron chi connectivity index (χ3n) is 3.08. The van der Waals surface area contributed by atoms with Crippen LogP contribution in [0.2, 0.25) is 0 Å². The zero-order chi connectivity index (χ0) is 15.5. The molecule has 0 unspecified atom stereocenters. The topological polar surface area (TPSA) is 84.2 Å². The van der Waals surface area contributed by atoms with Crippen LogP contribution in [0, 0.1) is 13.8 Å². The molecule has 0 aliphatic heterocycles. The van der Waals surface area contributed by atoms with Crippen LogP contribution in [-0.4, -0.2) is 29.8 Å². The summed E-state index contributed by atoms with van der Waals surface area (Å²) < 4.78 is 28.7. The summed E-state index contributed by atoms with van der Waals surface area (Å²) in [6.07, 6.45) is 0.653. The van der Waals surface area contributed by atoms with Crippen molar-refractivity contribution in [1.82, 2.24) is 14.5 Å². The molecule has 8 heteroatoms. The van der Waals surface area contributed by atoms with Gasteiger partial charge in [-0.1, -0.05) is 0 Å². The van der Waals surface area contributed by atoms with Gasteiger partial charge in [0.1, 0.15) is 0 Å². The SMILES string of the molecule is Cc1cc(C)n(CCCNS(=O)(=O)c2ccsc2CO)n1. The van der Waals surface area contributed by atoms with Crippen molar-refractivity contribution in [3.63, 3.8) is 0 Å². The summed E-state index contributed by atoms with van der Waals surface area (Å²) in [5, 5.41) is 15.1. The van der Waals surface area contributed by atoms with E-state index in [1.54, 1.807) is 5.38 Å². The maximum absolute atomic E-state index is 12.1. The second-order valence-corrected chi connectivity index (χ2v) is 7.50. The van der Waals surface area contributed by atoms with Gasteiger partial charge in [0.15, 0.2) is 0 Å². The van der Waals surface area contributed by atoms with Gasteiger partial charge in [0.05, 0.1) is 17.2 Å². The summed E-state index contributed by atoms with van der Waals surface area (Å²) in [6.45, 7) is 4.64. The molecule has 0 saturated carbocycles. The number of aryl methyl sites for hydroxylation is 3. The highest BCUT2D eigenvalue weighted by molar-refractivity contribution is 7.89. The molecule has 2 aromatic rings. The van der Waals surface area contributed by atoms with E-state index in [2.05, 4.69) is 9.82 Å². The zero-order valence-corrected chi connectivity index (χ0v) is 13.7. The lowest BCUT2D eigenvalue weighted by Gasteiger charge is -2.08. The normalized spacial score (nSPS) is 12.0. The van der Waals surface area contributed by atoms with Crippen LogP contribution in [0.3, 0.4) is 0 Å². The summed E-state index contributed by atoms with van der Waals surface area (Å²) in [5.41, 5.74) is 2.02. The Labute approximate surface area is 128 Å². The second kappa shape index (κ2) is 6.69. The highest BCUT2D eigenvalue weighted by Gasteiger charge is 2.18. The third kappa shape index (κ3) is 3.91. The summed E-state index contributed by atoms with van der Waals surface area (Å²) in [6, 6.07) is 3.50. The fourth-order valence-corrected chi connectivity index (χ4v) is 4.46. The number of sulfonamides is 1. The highest BCUT2D eigenvalue weighted by Crippen LogP contribution is 2.21. The molecule has 2 heterocycles. The molecule has 2 N–H and O–H groups in total. The second-order valence-electron chi connectivity index (χ2n) is 4.77. The van der Waals surface area contributed by atoms with E-state index in [0.717, 1.165) is 11.4 Å². The average molecular weight is 329 g/mol. The molecular formula is C13H19N3O3S2. The number of nitrogens with one attached hydrogen (secondary N) is 1. The first kappa shape index (κ1) is 16.2. The molecule has 0 bridgehead atoms. The molecule has 0 fully saturated rings. The Balaban J connectivity index is 1.90. The molecule has 2 aromatic heterocycles. The minimum absolute atomic E-state index is 0.168. The predicted octanol–water partition coefficient (Wildman–Crippen LogP) is 1.42. The minimum atomic E-state index is -3.55. The van der Waals surface area contributed by atoms with Gasteiger partial charge in [0, 0.05) is 23.7 Å². The van der Waals surface area contributed by atoms with Crippen molar-refractivity contribution in [2.75, 3.05) is 6.54 Å².